The number of aliphatic hydroxyl groups excluding tert-OH is 1. The summed E-state index contributed by atoms with van der Waals surface area (Å²) >= 11 is 0. The minimum absolute atomic E-state index is 0.249. The molecule has 4 atom stereocenters. The molecule has 0 saturated heterocycles. The number of likely N-dealkylation sites (N-methyl/N-ethyl adjacent to an activating group) is 1. The first-order chi connectivity index (χ1) is 9.04. The van der Waals surface area contributed by atoms with Crippen molar-refractivity contribution in [1.29, 1.82) is 0 Å². The lowest BCUT2D eigenvalue weighted by Crippen LogP contribution is -2.42. The van der Waals surface area contributed by atoms with Crippen molar-refractivity contribution in [3.8, 4) is 0 Å². The maximum Gasteiger partial charge on any atom is 0.0948 e. The van der Waals surface area contributed by atoms with E-state index in [1.807, 2.05) is 6.07 Å². The van der Waals surface area contributed by atoms with Crippen LogP contribution in [0.15, 0.2) is 24.3 Å². The monoisotopic (exact) mass is 261 g/mol. The van der Waals surface area contributed by atoms with E-state index in [4.69, 9.17) is 0 Å². The second-order valence-electron chi connectivity index (χ2n) is 6.23. The predicted octanol–water partition coefficient (Wildman–Crippen LogP) is 3.57. The molecule has 0 heterocycles. The lowest BCUT2D eigenvalue weighted by atomic mass is 9.78. The highest BCUT2D eigenvalue weighted by atomic mass is 16.3. The minimum atomic E-state index is -0.346. The molecule has 0 aromatic heterocycles. The SMILES string of the molecule is CCC(C)CN(C)C1CC(C)c2ccccc2C1O. The quantitative estimate of drug-likeness (QED) is 0.895. The Morgan fingerprint density at radius 2 is 1.95 bits per heavy atom. The Morgan fingerprint density at radius 3 is 2.58 bits per heavy atom. The summed E-state index contributed by atoms with van der Waals surface area (Å²) in [7, 11) is 2.15. The largest absolute Gasteiger partial charge is 0.387 e. The Labute approximate surface area is 117 Å². The van der Waals surface area contributed by atoms with Gasteiger partial charge in [0, 0.05) is 12.6 Å². The number of rotatable bonds is 4. The number of nitrogens with zero attached hydrogens (tertiary/aromatic N) is 1. The molecule has 2 heteroatoms. The molecule has 0 fully saturated rings. The van der Waals surface area contributed by atoms with Crippen molar-refractivity contribution in [3.63, 3.8) is 0 Å². The second-order valence-corrected chi connectivity index (χ2v) is 6.23. The van der Waals surface area contributed by atoms with E-state index in [2.05, 4.69) is 50.9 Å². The molecule has 106 valence electrons. The maximum atomic E-state index is 10.7. The van der Waals surface area contributed by atoms with Gasteiger partial charge in [0.1, 0.15) is 0 Å². The van der Waals surface area contributed by atoms with Crippen LogP contribution in [0.3, 0.4) is 0 Å². The molecule has 1 aromatic carbocycles. The van der Waals surface area contributed by atoms with Crippen molar-refractivity contribution in [2.75, 3.05) is 13.6 Å². The van der Waals surface area contributed by atoms with Crippen molar-refractivity contribution in [1.82, 2.24) is 4.90 Å². The minimum Gasteiger partial charge on any atom is -0.387 e. The Balaban J connectivity index is 2.17. The molecular formula is C17H27NO. The zero-order chi connectivity index (χ0) is 14.0. The molecule has 0 radical (unpaired) electrons. The zero-order valence-corrected chi connectivity index (χ0v) is 12.6. The molecule has 1 aromatic rings. The van der Waals surface area contributed by atoms with Crippen LogP contribution in [-0.2, 0) is 0 Å². The van der Waals surface area contributed by atoms with E-state index in [1.165, 1.54) is 12.0 Å². The summed E-state index contributed by atoms with van der Waals surface area (Å²) in [4.78, 5) is 2.35. The summed E-state index contributed by atoms with van der Waals surface area (Å²) in [5, 5.41) is 10.7. The molecular weight excluding hydrogens is 234 g/mol. The van der Waals surface area contributed by atoms with Gasteiger partial charge >= 0.3 is 0 Å². The lowest BCUT2D eigenvalue weighted by Gasteiger charge is -2.40. The highest BCUT2D eigenvalue weighted by Crippen LogP contribution is 2.39. The summed E-state index contributed by atoms with van der Waals surface area (Å²) in [5.74, 6) is 1.22. The van der Waals surface area contributed by atoms with Gasteiger partial charge in [-0.2, -0.15) is 0 Å². The van der Waals surface area contributed by atoms with Crippen LogP contribution in [0, 0.1) is 5.92 Å². The van der Waals surface area contributed by atoms with Gasteiger partial charge in [0.25, 0.3) is 0 Å². The van der Waals surface area contributed by atoms with Crippen molar-refractivity contribution >= 4 is 0 Å². The Kier molecular flexibility index (Phi) is 4.64. The van der Waals surface area contributed by atoms with Crippen molar-refractivity contribution in [2.45, 2.75) is 51.7 Å². The third-order valence-electron chi connectivity index (χ3n) is 4.67. The molecule has 2 nitrogen and oxygen atoms in total. The summed E-state index contributed by atoms with van der Waals surface area (Å²) in [6.07, 6.45) is 1.89. The summed E-state index contributed by atoms with van der Waals surface area (Å²) in [6, 6.07) is 8.60. The fourth-order valence-electron chi connectivity index (χ4n) is 3.23. The third-order valence-corrected chi connectivity index (χ3v) is 4.67. The lowest BCUT2D eigenvalue weighted by molar-refractivity contribution is 0.0383. The predicted molar refractivity (Wildman–Crippen MR) is 80.3 cm³/mol. The normalized spacial score (nSPS) is 28.2. The van der Waals surface area contributed by atoms with Crippen molar-refractivity contribution in [2.24, 2.45) is 5.92 Å². The first kappa shape index (κ1) is 14.5. The van der Waals surface area contributed by atoms with Gasteiger partial charge in [-0.3, -0.25) is 0 Å². The zero-order valence-electron chi connectivity index (χ0n) is 12.6. The molecule has 2 rings (SSSR count). The molecule has 4 unspecified atom stereocenters. The highest BCUT2D eigenvalue weighted by molar-refractivity contribution is 5.35. The fourth-order valence-corrected chi connectivity index (χ4v) is 3.23. The number of hydrogen-bond donors (Lipinski definition) is 1. The highest BCUT2D eigenvalue weighted by Gasteiger charge is 2.34. The smallest absolute Gasteiger partial charge is 0.0948 e. The number of fused-ring (bicyclic) bond motifs is 1. The first-order valence-corrected chi connectivity index (χ1v) is 7.51. The van der Waals surface area contributed by atoms with Gasteiger partial charge in [0.15, 0.2) is 0 Å². The Hall–Kier alpha value is -0.860. The van der Waals surface area contributed by atoms with Gasteiger partial charge in [0.05, 0.1) is 6.10 Å². The maximum absolute atomic E-state index is 10.7. The molecule has 0 aliphatic heterocycles. The molecule has 1 aliphatic rings. The second kappa shape index (κ2) is 6.06. The average Bonchev–Trinajstić information content (AvgIpc) is 2.42. The van der Waals surface area contributed by atoms with Crippen LogP contribution < -0.4 is 0 Å². The molecule has 0 saturated carbocycles. The summed E-state index contributed by atoms with van der Waals surface area (Å²) < 4.78 is 0. The molecule has 0 amide bonds. The van der Waals surface area contributed by atoms with E-state index >= 15 is 0 Å². The van der Waals surface area contributed by atoms with Crippen LogP contribution in [-0.4, -0.2) is 29.6 Å². The Bertz CT molecular complexity index is 417. The third kappa shape index (κ3) is 3.01. The van der Waals surface area contributed by atoms with E-state index in [0.717, 1.165) is 18.5 Å². The van der Waals surface area contributed by atoms with Crippen LogP contribution in [0.25, 0.3) is 0 Å². The van der Waals surface area contributed by atoms with Crippen LogP contribution in [0.4, 0.5) is 0 Å². The number of hydrogen-bond acceptors (Lipinski definition) is 2. The van der Waals surface area contributed by atoms with Crippen LogP contribution >= 0.6 is 0 Å². The van der Waals surface area contributed by atoms with Crippen molar-refractivity contribution < 1.29 is 5.11 Å². The fraction of sp³-hybridized carbons (Fsp3) is 0.647. The summed E-state index contributed by atoms with van der Waals surface area (Å²) in [6.45, 7) is 7.85. The number of benzene rings is 1. The van der Waals surface area contributed by atoms with E-state index in [1.54, 1.807) is 0 Å². The Morgan fingerprint density at radius 1 is 1.32 bits per heavy atom. The van der Waals surface area contributed by atoms with Crippen LogP contribution in [0.5, 0.6) is 0 Å². The number of aliphatic hydroxyl groups is 1. The molecule has 0 spiro atoms. The van der Waals surface area contributed by atoms with Gasteiger partial charge in [-0.25, -0.2) is 0 Å². The molecule has 19 heavy (non-hydrogen) atoms. The van der Waals surface area contributed by atoms with Gasteiger partial charge < -0.3 is 10.0 Å². The van der Waals surface area contributed by atoms with Gasteiger partial charge in [-0.15, -0.1) is 0 Å². The molecule has 0 bridgehead atoms. The van der Waals surface area contributed by atoms with E-state index < -0.39 is 0 Å². The molecule has 1 N–H and O–H groups in total. The van der Waals surface area contributed by atoms with E-state index in [0.29, 0.717) is 11.8 Å². The topological polar surface area (TPSA) is 23.5 Å². The van der Waals surface area contributed by atoms with Gasteiger partial charge in [-0.1, -0.05) is 51.5 Å². The average molecular weight is 261 g/mol. The van der Waals surface area contributed by atoms with Gasteiger partial charge in [0.2, 0.25) is 0 Å². The standard InChI is InChI=1S/C17H27NO/c1-5-12(2)11-18(4)16-10-13(3)14-8-6-7-9-15(14)17(16)19/h6-9,12-13,16-17,19H,5,10-11H2,1-4H3. The summed E-state index contributed by atoms with van der Waals surface area (Å²) in [5.41, 5.74) is 2.45. The van der Waals surface area contributed by atoms with E-state index in [9.17, 15) is 5.11 Å². The van der Waals surface area contributed by atoms with Crippen LogP contribution in [0.2, 0.25) is 0 Å². The molecule has 1 aliphatic carbocycles. The van der Waals surface area contributed by atoms with E-state index in [-0.39, 0.29) is 12.1 Å². The van der Waals surface area contributed by atoms with Gasteiger partial charge in [-0.05, 0) is 36.4 Å². The first-order valence-electron chi connectivity index (χ1n) is 7.51. The van der Waals surface area contributed by atoms with Crippen molar-refractivity contribution in [3.05, 3.63) is 35.4 Å². The van der Waals surface area contributed by atoms with Crippen LogP contribution in [0.1, 0.15) is 56.8 Å².